The van der Waals surface area contributed by atoms with Gasteiger partial charge in [0, 0.05) is 25.0 Å². The number of nitrogens with two attached hydrogens (primary N) is 1. The van der Waals surface area contributed by atoms with E-state index < -0.39 is 0 Å². The monoisotopic (exact) mass is 206 g/mol. The van der Waals surface area contributed by atoms with Crippen molar-refractivity contribution >= 4 is 11.6 Å². The summed E-state index contributed by atoms with van der Waals surface area (Å²) in [6, 6.07) is 3.54. The molecular formula is C10H14N4O. The first-order valence-electron chi connectivity index (χ1n) is 4.94. The van der Waals surface area contributed by atoms with Gasteiger partial charge in [0.05, 0.1) is 18.8 Å². The summed E-state index contributed by atoms with van der Waals surface area (Å²) in [5.41, 5.74) is 7.16. The first-order valence-corrected chi connectivity index (χ1v) is 4.94. The molecule has 5 heteroatoms. The van der Waals surface area contributed by atoms with Crippen molar-refractivity contribution in [3.63, 3.8) is 0 Å². The van der Waals surface area contributed by atoms with Crippen LogP contribution in [0.2, 0.25) is 0 Å². The minimum absolute atomic E-state index is 0.116. The minimum Gasteiger partial charge on any atom is -0.399 e. The number of hydrogen-bond donors (Lipinski definition) is 2. The predicted molar refractivity (Wildman–Crippen MR) is 56.9 cm³/mol. The molecule has 0 atom stereocenters. The fraction of sp³-hybridized carbons (Fsp3) is 0.400. The summed E-state index contributed by atoms with van der Waals surface area (Å²) in [4.78, 5) is 17.5. The van der Waals surface area contributed by atoms with E-state index in [1.165, 1.54) is 0 Å². The fourth-order valence-corrected chi connectivity index (χ4v) is 1.59. The normalized spacial score (nSPS) is 16.8. The zero-order valence-corrected chi connectivity index (χ0v) is 8.44. The van der Waals surface area contributed by atoms with E-state index in [0.29, 0.717) is 18.8 Å². The molecule has 0 spiro atoms. The van der Waals surface area contributed by atoms with E-state index in [9.17, 15) is 4.79 Å². The van der Waals surface area contributed by atoms with Gasteiger partial charge in [-0.05, 0) is 12.1 Å². The van der Waals surface area contributed by atoms with Gasteiger partial charge in [-0.25, -0.2) is 0 Å². The molecule has 3 N–H and O–H groups in total. The van der Waals surface area contributed by atoms with Crippen molar-refractivity contribution in [2.24, 2.45) is 0 Å². The first kappa shape index (κ1) is 9.92. The Morgan fingerprint density at radius 2 is 2.47 bits per heavy atom. The van der Waals surface area contributed by atoms with Crippen LogP contribution in [0.3, 0.4) is 0 Å². The van der Waals surface area contributed by atoms with Gasteiger partial charge in [-0.1, -0.05) is 0 Å². The summed E-state index contributed by atoms with van der Waals surface area (Å²) in [5.74, 6) is 0.116. The molecule has 0 aromatic carbocycles. The van der Waals surface area contributed by atoms with E-state index in [2.05, 4.69) is 10.3 Å². The predicted octanol–water partition coefficient (Wildman–Crippen LogP) is -0.404. The van der Waals surface area contributed by atoms with Crippen LogP contribution >= 0.6 is 0 Å². The number of carbonyl (C=O) groups is 1. The molecule has 2 heterocycles. The molecule has 2 rings (SSSR count). The van der Waals surface area contributed by atoms with Gasteiger partial charge in [0.15, 0.2) is 0 Å². The van der Waals surface area contributed by atoms with Crippen molar-refractivity contribution in [3.05, 3.63) is 24.0 Å². The molecule has 1 aromatic rings. The molecule has 1 amide bonds. The highest BCUT2D eigenvalue weighted by atomic mass is 16.2. The maximum Gasteiger partial charge on any atom is 0.236 e. The number of nitrogens with one attached hydrogen (secondary N) is 1. The second kappa shape index (κ2) is 4.27. The third kappa shape index (κ3) is 2.44. The number of nitrogen functional groups attached to an aromatic ring is 1. The highest BCUT2D eigenvalue weighted by Gasteiger charge is 2.17. The van der Waals surface area contributed by atoms with Crippen LogP contribution in [-0.2, 0) is 11.3 Å². The SMILES string of the molecule is Nc1ccnc(CN2CCNCC2=O)c1. The number of aromatic nitrogens is 1. The summed E-state index contributed by atoms with van der Waals surface area (Å²) < 4.78 is 0. The van der Waals surface area contributed by atoms with E-state index in [4.69, 9.17) is 5.73 Å². The molecule has 1 saturated heterocycles. The number of nitrogens with zero attached hydrogens (tertiary/aromatic N) is 2. The van der Waals surface area contributed by atoms with Gasteiger partial charge in [-0.15, -0.1) is 0 Å². The van der Waals surface area contributed by atoms with Gasteiger partial charge in [0.25, 0.3) is 0 Å². The average molecular weight is 206 g/mol. The molecule has 1 aliphatic rings. The number of carbonyl (C=O) groups excluding carboxylic acids is 1. The lowest BCUT2D eigenvalue weighted by atomic mass is 10.2. The molecule has 5 nitrogen and oxygen atoms in total. The Kier molecular flexibility index (Phi) is 2.82. The van der Waals surface area contributed by atoms with Crippen LogP contribution in [-0.4, -0.2) is 35.4 Å². The van der Waals surface area contributed by atoms with Gasteiger partial charge >= 0.3 is 0 Å². The van der Waals surface area contributed by atoms with E-state index in [0.717, 1.165) is 18.8 Å². The Morgan fingerprint density at radius 3 is 3.20 bits per heavy atom. The summed E-state index contributed by atoms with van der Waals surface area (Å²) in [7, 11) is 0. The molecule has 80 valence electrons. The zero-order valence-electron chi connectivity index (χ0n) is 8.44. The second-order valence-corrected chi connectivity index (χ2v) is 3.57. The first-order chi connectivity index (χ1) is 7.25. The van der Waals surface area contributed by atoms with Gasteiger partial charge < -0.3 is 16.0 Å². The molecule has 1 fully saturated rings. The Bertz CT molecular complexity index is 366. The van der Waals surface area contributed by atoms with Crippen molar-refractivity contribution in [2.45, 2.75) is 6.54 Å². The van der Waals surface area contributed by atoms with E-state index in [-0.39, 0.29) is 5.91 Å². The summed E-state index contributed by atoms with van der Waals surface area (Å²) >= 11 is 0. The number of piperazine rings is 1. The summed E-state index contributed by atoms with van der Waals surface area (Å²) in [5, 5.41) is 3.03. The lowest BCUT2D eigenvalue weighted by molar-refractivity contribution is -0.132. The van der Waals surface area contributed by atoms with E-state index in [1.54, 1.807) is 23.2 Å². The summed E-state index contributed by atoms with van der Waals surface area (Å²) in [6.07, 6.45) is 1.66. The van der Waals surface area contributed by atoms with Gasteiger partial charge in [0.2, 0.25) is 5.91 Å². The average Bonchev–Trinajstić information content (AvgIpc) is 2.22. The molecule has 15 heavy (non-hydrogen) atoms. The standard InChI is InChI=1S/C10H14N4O/c11-8-1-2-13-9(5-8)7-14-4-3-12-6-10(14)15/h1-2,5,12H,3-4,6-7H2,(H2,11,13). The molecule has 0 aliphatic carbocycles. The molecular weight excluding hydrogens is 192 g/mol. The zero-order chi connectivity index (χ0) is 10.7. The number of hydrogen-bond acceptors (Lipinski definition) is 4. The number of anilines is 1. The van der Waals surface area contributed by atoms with Crippen molar-refractivity contribution < 1.29 is 4.79 Å². The smallest absolute Gasteiger partial charge is 0.236 e. The van der Waals surface area contributed by atoms with E-state index >= 15 is 0 Å². The Balaban J connectivity index is 2.04. The van der Waals surface area contributed by atoms with Crippen LogP contribution in [0.15, 0.2) is 18.3 Å². The highest BCUT2D eigenvalue weighted by Crippen LogP contribution is 2.07. The number of amides is 1. The minimum atomic E-state index is 0.116. The van der Waals surface area contributed by atoms with Crippen LogP contribution < -0.4 is 11.1 Å². The van der Waals surface area contributed by atoms with E-state index in [1.807, 2.05) is 0 Å². The number of pyridine rings is 1. The van der Waals surface area contributed by atoms with Crippen LogP contribution in [0.4, 0.5) is 5.69 Å². The fourth-order valence-electron chi connectivity index (χ4n) is 1.59. The largest absolute Gasteiger partial charge is 0.399 e. The van der Waals surface area contributed by atoms with Gasteiger partial charge in [-0.3, -0.25) is 9.78 Å². The van der Waals surface area contributed by atoms with Crippen LogP contribution in [0.1, 0.15) is 5.69 Å². The molecule has 0 radical (unpaired) electrons. The lowest BCUT2D eigenvalue weighted by Crippen LogP contribution is -2.47. The maximum atomic E-state index is 11.5. The third-order valence-electron chi connectivity index (χ3n) is 2.38. The van der Waals surface area contributed by atoms with Gasteiger partial charge in [0.1, 0.15) is 0 Å². The topological polar surface area (TPSA) is 71.2 Å². The number of rotatable bonds is 2. The van der Waals surface area contributed by atoms with Crippen LogP contribution in [0.25, 0.3) is 0 Å². The van der Waals surface area contributed by atoms with Crippen molar-refractivity contribution in [1.29, 1.82) is 0 Å². The molecule has 0 bridgehead atoms. The van der Waals surface area contributed by atoms with Crippen molar-refractivity contribution in [3.8, 4) is 0 Å². The molecule has 0 saturated carbocycles. The van der Waals surface area contributed by atoms with Crippen molar-refractivity contribution in [1.82, 2.24) is 15.2 Å². The Hall–Kier alpha value is -1.62. The van der Waals surface area contributed by atoms with Crippen molar-refractivity contribution in [2.75, 3.05) is 25.4 Å². The quantitative estimate of drug-likeness (QED) is 0.690. The van der Waals surface area contributed by atoms with Gasteiger partial charge in [-0.2, -0.15) is 0 Å². The second-order valence-electron chi connectivity index (χ2n) is 3.57. The molecule has 1 aliphatic heterocycles. The van der Waals surface area contributed by atoms with Crippen LogP contribution in [0.5, 0.6) is 0 Å². The highest BCUT2D eigenvalue weighted by molar-refractivity contribution is 5.78. The third-order valence-corrected chi connectivity index (χ3v) is 2.38. The maximum absolute atomic E-state index is 11.5. The lowest BCUT2D eigenvalue weighted by Gasteiger charge is -2.26. The molecule has 0 unspecified atom stereocenters. The molecule has 1 aromatic heterocycles. The van der Waals surface area contributed by atoms with Crippen LogP contribution in [0, 0.1) is 0 Å². The summed E-state index contributed by atoms with van der Waals surface area (Å²) in [6.45, 7) is 2.54. The Labute approximate surface area is 88.3 Å². The Morgan fingerprint density at radius 1 is 1.60 bits per heavy atom.